The average molecular weight is 167 g/mol. The molecule has 0 spiro atoms. The quantitative estimate of drug-likeness (QED) is 0.621. The van der Waals surface area contributed by atoms with E-state index in [-0.39, 0.29) is 0 Å². The summed E-state index contributed by atoms with van der Waals surface area (Å²) in [6, 6.07) is 0.672. The molecule has 12 heavy (non-hydrogen) atoms. The van der Waals surface area contributed by atoms with Gasteiger partial charge in [-0.2, -0.15) is 0 Å². The van der Waals surface area contributed by atoms with E-state index < -0.39 is 0 Å². The first kappa shape index (κ1) is 9.79. The summed E-state index contributed by atoms with van der Waals surface area (Å²) in [6.07, 6.45) is 9.77. The van der Waals surface area contributed by atoms with Crippen molar-refractivity contribution in [2.24, 2.45) is 5.92 Å². The molecular formula is C11H21N. The van der Waals surface area contributed by atoms with Crippen LogP contribution in [0.2, 0.25) is 0 Å². The summed E-state index contributed by atoms with van der Waals surface area (Å²) in [5, 5.41) is 3.60. The molecular weight excluding hydrogens is 146 g/mol. The average Bonchev–Trinajstić information content (AvgIpc) is 2.59. The molecule has 0 aromatic carbocycles. The molecule has 1 aliphatic rings. The molecule has 0 aliphatic heterocycles. The minimum atomic E-state index is 0.672. The highest BCUT2D eigenvalue weighted by molar-refractivity contribution is 5.00. The van der Waals surface area contributed by atoms with Gasteiger partial charge in [0.2, 0.25) is 0 Å². The van der Waals surface area contributed by atoms with E-state index in [1.165, 1.54) is 32.2 Å². The van der Waals surface area contributed by atoms with Crippen LogP contribution in [0.4, 0.5) is 0 Å². The molecule has 0 aromatic heterocycles. The van der Waals surface area contributed by atoms with Crippen LogP contribution in [0.25, 0.3) is 0 Å². The predicted octanol–water partition coefficient (Wildman–Crippen LogP) is 2.73. The topological polar surface area (TPSA) is 12.0 Å². The number of allylic oxidation sites excluding steroid dienone is 1. The second kappa shape index (κ2) is 5.36. The molecule has 1 rings (SSSR count). The molecule has 1 unspecified atom stereocenters. The molecule has 1 nitrogen and oxygen atoms in total. The Kier molecular flexibility index (Phi) is 4.37. The van der Waals surface area contributed by atoms with Crippen molar-refractivity contribution in [1.82, 2.24) is 5.32 Å². The maximum atomic E-state index is 3.60. The second-order valence-corrected chi connectivity index (χ2v) is 3.70. The van der Waals surface area contributed by atoms with Gasteiger partial charge in [-0.25, -0.2) is 0 Å². The van der Waals surface area contributed by atoms with Gasteiger partial charge in [0, 0.05) is 6.04 Å². The zero-order valence-corrected chi connectivity index (χ0v) is 8.34. The Bertz CT molecular complexity index is 136. The first-order valence-electron chi connectivity index (χ1n) is 5.26. The lowest BCUT2D eigenvalue weighted by Crippen LogP contribution is -2.30. The van der Waals surface area contributed by atoms with Crippen LogP contribution in [0.1, 0.15) is 39.5 Å². The molecule has 0 fully saturated rings. The standard InChI is InChI=1S/C11H21N/c1-3-10(4-2)9-12-11-7-5-6-8-11/h5,7,10-12H,3-4,6,8-9H2,1-2H3. The first-order valence-corrected chi connectivity index (χ1v) is 5.26. The Labute approximate surface area is 76.2 Å². The van der Waals surface area contributed by atoms with E-state index >= 15 is 0 Å². The first-order chi connectivity index (χ1) is 5.86. The van der Waals surface area contributed by atoms with Crippen LogP contribution in [0.15, 0.2) is 12.2 Å². The lowest BCUT2D eigenvalue weighted by atomic mass is 10.0. The van der Waals surface area contributed by atoms with Gasteiger partial charge in [-0.05, 0) is 25.3 Å². The smallest absolute Gasteiger partial charge is 0.0253 e. The van der Waals surface area contributed by atoms with Crippen LogP contribution in [0.5, 0.6) is 0 Å². The largest absolute Gasteiger partial charge is 0.310 e. The molecule has 1 heteroatoms. The Morgan fingerprint density at radius 1 is 1.42 bits per heavy atom. The van der Waals surface area contributed by atoms with Crippen LogP contribution >= 0.6 is 0 Å². The lowest BCUT2D eigenvalue weighted by Gasteiger charge is -2.16. The van der Waals surface area contributed by atoms with E-state index in [0.717, 1.165) is 5.92 Å². The van der Waals surface area contributed by atoms with Crippen molar-refractivity contribution in [3.8, 4) is 0 Å². The van der Waals surface area contributed by atoms with Gasteiger partial charge in [0.1, 0.15) is 0 Å². The van der Waals surface area contributed by atoms with Gasteiger partial charge in [-0.15, -0.1) is 0 Å². The zero-order chi connectivity index (χ0) is 8.81. The molecule has 0 bridgehead atoms. The lowest BCUT2D eigenvalue weighted by molar-refractivity contribution is 0.428. The molecule has 0 radical (unpaired) electrons. The molecule has 0 amide bonds. The van der Waals surface area contributed by atoms with Crippen LogP contribution in [-0.2, 0) is 0 Å². The Morgan fingerprint density at radius 3 is 2.67 bits per heavy atom. The van der Waals surface area contributed by atoms with Crippen molar-refractivity contribution in [3.05, 3.63) is 12.2 Å². The Balaban J connectivity index is 2.10. The highest BCUT2D eigenvalue weighted by Crippen LogP contribution is 2.11. The predicted molar refractivity (Wildman–Crippen MR) is 54.2 cm³/mol. The number of hydrogen-bond donors (Lipinski definition) is 1. The molecule has 1 aliphatic carbocycles. The van der Waals surface area contributed by atoms with Crippen molar-refractivity contribution < 1.29 is 0 Å². The van der Waals surface area contributed by atoms with E-state index in [0.29, 0.717) is 6.04 Å². The summed E-state index contributed by atoms with van der Waals surface area (Å²) in [5.74, 6) is 0.874. The summed E-state index contributed by atoms with van der Waals surface area (Å²) in [5.41, 5.74) is 0. The second-order valence-electron chi connectivity index (χ2n) is 3.70. The molecule has 1 N–H and O–H groups in total. The third-order valence-electron chi connectivity index (χ3n) is 2.84. The molecule has 0 heterocycles. The van der Waals surface area contributed by atoms with Crippen molar-refractivity contribution in [1.29, 1.82) is 0 Å². The highest BCUT2D eigenvalue weighted by Gasteiger charge is 2.10. The maximum Gasteiger partial charge on any atom is 0.0253 e. The minimum absolute atomic E-state index is 0.672. The molecule has 70 valence electrons. The zero-order valence-electron chi connectivity index (χ0n) is 8.34. The van der Waals surface area contributed by atoms with Gasteiger partial charge >= 0.3 is 0 Å². The number of rotatable bonds is 5. The molecule has 0 saturated heterocycles. The van der Waals surface area contributed by atoms with E-state index in [1.807, 2.05) is 0 Å². The minimum Gasteiger partial charge on any atom is -0.310 e. The van der Waals surface area contributed by atoms with Crippen molar-refractivity contribution in [2.45, 2.75) is 45.6 Å². The highest BCUT2D eigenvalue weighted by atomic mass is 14.9. The van der Waals surface area contributed by atoms with Crippen molar-refractivity contribution in [2.75, 3.05) is 6.54 Å². The van der Waals surface area contributed by atoms with E-state index in [9.17, 15) is 0 Å². The van der Waals surface area contributed by atoms with Crippen LogP contribution < -0.4 is 5.32 Å². The van der Waals surface area contributed by atoms with E-state index in [2.05, 4.69) is 31.3 Å². The maximum absolute atomic E-state index is 3.60. The monoisotopic (exact) mass is 167 g/mol. The fraction of sp³-hybridized carbons (Fsp3) is 0.818. The van der Waals surface area contributed by atoms with E-state index in [4.69, 9.17) is 0 Å². The molecule has 0 aromatic rings. The van der Waals surface area contributed by atoms with Crippen LogP contribution in [0, 0.1) is 5.92 Å². The third-order valence-corrected chi connectivity index (χ3v) is 2.84. The summed E-state index contributed by atoms with van der Waals surface area (Å²) < 4.78 is 0. The van der Waals surface area contributed by atoms with Crippen LogP contribution in [-0.4, -0.2) is 12.6 Å². The van der Waals surface area contributed by atoms with Crippen molar-refractivity contribution in [3.63, 3.8) is 0 Å². The third kappa shape index (κ3) is 2.98. The molecule has 0 saturated carbocycles. The SMILES string of the molecule is CCC(CC)CNC1C=CCC1. The van der Waals surface area contributed by atoms with Crippen LogP contribution in [0.3, 0.4) is 0 Å². The van der Waals surface area contributed by atoms with Gasteiger partial charge in [-0.1, -0.05) is 38.8 Å². The summed E-state index contributed by atoms with van der Waals surface area (Å²) in [7, 11) is 0. The Morgan fingerprint density at radius 2 is 2.17 bits per heavy atom. The van der Waals surface area contributed by atoms with Crippen molar-refractivity contribution >= 4 is 0 Å². The normalized spacial score (nSPS) is 22.4. The van der Waals surface area contributed by atoms with E-state index in [1.54, 1.807) is 0 Å². The summed E-state index contributed by atoms with van der Waals surface area (Å²) >= 11 is 0. The summed E-state index contributed by atoms with van der Waals surface area (Å²) in [6.45, 7) is 5.75. The summed E-state index contributed by atoms with van der Waals surface area (Å²) in [4.78, 5) is 0. The van der Waals surface area contributed by atoms with Gasteiger partial charge in [0.25, 0.3) is 0 Å². The molecule has 1 atom stereocenters. The fourth-order valence-electron chi connectivity index (χ4n) is 1.70. The number of nitrogens with one attached hydrogen (secondary N) is 1. The Hall–Kier alpha value is -0.300. The van der Waals surface area contributed by atoms with Gasteiger partial charge in [-0.3, -0.25) is 0 Å². The fourth-order valence-corrected chi connectivity index (χ4v) is 1.70. The number of hydrogen-bond acceptors (Lipinski definition) is 1. The van der Waals surface area contributed by atoms with Gasteiger partial charge in [0.15, 0.2) is 0 Å². The van der Waals surface area contributed by atoms with Gasteiger partial charge in [0.05, 0.1) is 0 Å². The van der Waals surface area contributed by atoms with Gasteiger partial charge < -0.3 is 5.32 Å².